The Bertz CT molecular complexity index is 1270. The maximum absolute atomic E-state index is 5.85. The summed E-state index contributed by atoms with van der Waals surface area (Å²) in [5.41, 5.74) is 4.95. The van der Waals surface area contributed by atoms with E-state index in [9.17, 15) is 0 Å². The van der Waals surface area contributed by atoms with Gasteiger partial charge in [0.25, 0.3) is 11.1 Å². The van der Waals surface area contributed by atoms with Gasteiger partial charge in [0.05, 0.1) is 11.3 Å². The molecular weight excluding hydrogens is 360 g/mol. The molecule has 1 N–H and O–H groups in total. The average Bonchev–Trinajstić information content (AvgIpc) is 3.37. The van der Waals surface area contributed by atoms with E-state index in [1.807, 2.05) is 61.0 Å². The van der Waals surface area contributed by atoms with Gasteiger partial charge in [-0.15, -0.1) is 10.2 Å². The molecule has 0 aliphatic rings. The van der Waals surface area contributed by atoms with Crippen LogP contribution in [-0.2, 0) is 5.75 Å². The van der Waals surface area contributed by atoms with Crippen molar-refractivity contribution >= 4 is 28.4 Å². The van der Waals surface area contributed by atoms with E-state index >= 15 is 0 Å². The minimum Gasteiger partial charge on any atom is -0.411 e. The minimum atomic E-state index is 0.512. The Labute approximate surface area is 158 Å². The number of imidazole rings is 1. The van der Waals surface area contributed by atoms with Crippen molar-refractivity contribution in [1.29, 1.82) is 0 Å². The molecule has 0 unspecified atom stereocenters. The highest BCUT2D eigenvalue weighted by Gasteiger charge is 2.14. The monoisotopic (exact) mass is 376 g/mol. The number of nitrogens with zero attached hydrogens (tertiary/aromatic N) is 5. The van der Waals surface area contributed by atoms with Crippen LogP contribution in [0.4, 0.5) is 0 Å². The van der Waals surface area contributed by atoms with Crippen molar-refractivity contribution in [3.63, 3.8) is 0 Å². The highest BCUT2D eigenvalue weighted by atomic mass is 32.2. The third-order valence-electron chi connectivity index (χ3n) is 4.38. The molecule has 4 aromatic heterocycles. The van der Waals surface area contributed by atoms with Crippen LogP contribution in [-0.4, -0.2) is 29.5 Å². The summed E-state index contributed by atoms with van der Waals surface area (Å²) in [5.74, 6) is 1.86. The highest BCUT2D eigenvalue weighted by Crippen LogP contribution is 2.30. The number of hydrogen-bond acceptors (Lipinski definition) is 6. The number of nitrogens with one attached hydrogen (secondary N) is 1. The van der Waals surface area contributed by atoms with E-state index in [1.54, 1.807) is 0 Å². The van der Waals surface area contributed by atoms with Crippen molar-refractivity contribution in [2.75, 3.05) is 0 Å². The number of hydrogen-bond donors (Lipinski definition) is 1. The van der Waals surface area contributed by atoms with Gasteiger partial charge in [-0.3, -0.25) is 4.40 Å². The lowest BCUT2D eigenvalue weighted by Gasteiger charge is -1.98. The fourth-order valence-corrected chi connectivity index (χ4v) is 3.80. The fourth-order valence-electron chi connectivity index (χ4n) is 3.15. The molecule has 7 nitrogen and oxygen atoms in total. The number of aryl methyl sites for hydroxylation is 2. The maximum atomic E-state index is 5.85. The van der Waals surface area contributed by atoms with Crippen LogP contribution in [0.3, 0.4) is 0 Å². The first kappa shape index (κ1) is 16.1. The number of rotatable bonds is 4. The summed E-state index contributed by atoms with van der Waals surface area (Å²) in [7, 11) is 0. The molecule has 1 aromatic carbocycles. The molecule has 0 radical (unpaired) electrons. The zero-order valence-corrected chi connectivity index (χ0v) is 15.6. The van der Waals surface area contributed by atoms with Gasteiger partial charge in [0.1, 0.15) is 0 Å². The molecule has 5 rings (SSSR count). The lowest BCUT2D eigenvalue weighted by atomic mass is 10.2. The third kappa shape index (κ3) is 2.87. The molecule has 0 aliphatic heterocycles. The predicted molar refractivity (Wildman–Crippen MR) is 104 cm³/mol. The molecule has 8 heteroatoms. The van der Waals surface area contributed by atoms with Gasteiger partial charge in [0, 0.05) is 40.4 Å². The molecule has 134 valence electrons. The molecule has 5 aromatic rings. The first-order valence-electron chi connectivity index (χ1n) is 8.52. The van der Waals surface area contributed by atoms with Gasteiger partial charge in [0.2, 0.25) is 5.78 Å². The summed E-state index contributed by atoms with van der Waals surface area (Å²) in [6.45, 7) is 4.02. The number of para-hydroxylation sites is 1. The van der Waals surface area contributed by atoms with Gasteiger partial charge in [-0.2, -0.15) is 0 Å². The van der Waals surface area contributed by atoms with Crippen molar-refractivity contribution in [3.05, 3.63) is 59.8 Å². The van der Waals surface area contributed by atoms with Crippen LogP contribution in [0, 0.1) is 13.8 Å². The smallest absolute Gasteiger partial charge is 0.277 e. The Balaban J connectivity index is 1.37. The van der Waals surface area contributed by atoms with Crippen LogP contribution >= 0.6 is 11.8 Å². The summed E-state index contributed by atoms with van der Waals surface area (Å²) in [4.78, 5) is 12.3. The summed E-state index contributed by atoms with van der Waals surface area (Å²) in [6.07, 6.45) is 3.90. The molecule has 0 fully saturated rings. The number of fused-ring (bicyclic) bond motifs is 2. The number of H-pyrrole nitrogens is 1. The fraction of sp³-hybridized carbons (Fsp3) is 0.158. The van der Waals surface area contributed by atoms with Crippen molar-refractivity contribution in [3.8, 4) is 11.5 Å². The number of aromatic nitrogens is 6. The second kappa shape index (κ2) is 6.24. The van der Waals surface area contributed by atoms with E-state index in [4.69, 9.17) is 4.42 Å². The van der Waals surface area contributed by atoms with E-state index < -0.39 is 0 Å². The van der Waals surface area contributed by atoms with Gasteiger partial charge < -0.3 is 9.40 Å². The number of benzene rings is 1. The van der Waals surface area contributed by atoms with E-state index in [0.717, 1.165) is 33.5 Å². The van der Waals surface area contributed by atoms with Crippen LogP contribution in [0.1, 0.15) is 17.1 Å². The Kier molecular flexibility index (Phi) is 3.71. The topological polar surface area (TPSA) is 84.9 Å². The van der Waals surface area contributed by atoms with Crippen LogP contribution in [0.25, 0.3) is 28.1 Å². The maximum Gasteiger partial charge on any atom is 0.277 e. The van der Waals surface area contributed by atoms with Crippen LogP contribution in [0.15, 0.2) is 52.4 Å². The Morgan fingerprint density at radius 1 is 1.15 bits per heavy atom. The summed E-state index contributed by atoms with van der Waals surface area (Å²) in [5, 5.41) is 9.94. The molecule has 0 amide bonds. The Morgan fingerprint density at radius 2 is 2.04 bits per heavy atom. The van der Waals surface area contributed by atoms with Crippen molar-refractivity contribution in [2.24, 2.45) is 0 Å². The molecule has 0 saturated heterocycles. The normalized spacial score (nSPS) is 11.6. The standard InChI is InChI=1S/C19H16N6OS/c1-11-7-12(2)25-9-13(22-18(25)21-11)10-27-19-24-23-17(26-19)15-8-20-16-6-4-3-5-14(15)16/h3-9,20H,10H2,1-2H3. The lowest BCUT2D eigenvalue weighted by Crippen LogP contribution is -1.94. The second-order valence-electron chi connectivity index (χ2n) is 6.35. The molecule has 0 atom stereocenters. The summed E-state index contributed by atoms with van der Waals surface area (Å²) >= 11 is 1.47. The quantitative estimate of drug-likeness (QED) is 0.474. The van der Waals surface area contributed by atoms with Crippen LogP contribution in [0.5, 0.6) is 0 Å². The molecule has 0 bridgehead atoms. The van der Waals surface area contributed by atoms with E-state index in [0.29, 0.717) is 22.6 Å². The largest absolute Gasteiger partial charge is 0.411 e. The molecule has 0 aliphatic carbocycles. The summed E-state index contributed by atoms with van der Waals surface area (Å²) < 4.78 is 7.84. The molecule has 0 saturated carbocycles. The van der Waals surface area contributed by atoms with E-state index in [1.165, 1.54) is 11.8 Å². The van der Waals surface area contributed by atoms with Gasteiger partial charge in [-0.1, -0.05) is 30.0 Å². The molecule has 0 spiro atoms. The van der Waals surface area contributed by atoms with Crippen LogP contribution in [0.2, 0.25) is 0 Å². The lowest BCUT2D eigenvalue weighted by molar-refractivity contribution is 0.466. The predicted octanol–water partition coefficient (Wildman–Crippen LogP) is 4.17. The Hall–Kier alpha value is -3.13. The van der Waals surface area contributed by atoms with E-state index in [2.05, 4.69) is 25.1 Å². The minimum absolute atomic E-state index is 0.512. The third-order valence-corrected chi connectivity index (χ3v) is 5.23. The summed E-state index contributed by atoms with van der Waals surface area (Å²) in [6, 6.07) is 10.1. The van der Waals surface area contributed by atoms with E-state index in [-0.39, 0.29) is 0 Å². The van der Waals surface area contributed by atoms with Gasteiger partial charge in [-0.25, -0.2) is 9.97 Å². The van der Waals surface area contributed by atoms with Gasteiger partial charge in [-0.05, 0) is 26.0 Å². The zero-order valence-electron chi connectivity index (χ0n) is 14.8. The van der Waals surface area contributed by atoms with Crippen molar-refractivity contribution < 1.29 is 4.42 Å². The average molecular weight is 376 g/mol. The van der Waals surface area contributed by atoms with Crippen molar-refractivity contribution in [1.82, 2.24) is 29.5 Å². The van der Waals surface area contributed by atoms with Crippen molar-refractivity contribution in [2.45, 2.75) is 24.8 Å². The van der Waals surface area contributed by atoms with Gasteiger partial charge in [0.15, 0.2) is 0 Å². The second-order valence-corrected chi connectivity index (χ2v) is 7.28. The van der Waals surface area contributed by atoms with Gasteiger partial charge >= 0.3 is 0 Å². The molecule has 27 heavy (non-hydrogen) atoms. The molecular formula is C19H16N6OS. The molecule has 4 heterocycles. The highest BCUT2D eigenvalue weighted by molar-refractivity contribution is 7.98. The SMILES string of the molecule is Cc1cc(C)n2cc(CSc3nnc(-c4c[nH]c5ccccc45)o3)nc2n1. The Morgan fingerprint density at radius 3 is 2.96 bits per heavy atom. The first-order chi connectivity index (χ1) is 13.2. The number of thioether (sulfide) groups is 1. The number of aromatic amines is 1. The van der Waals surface area contributed by atoms with Crippen LogP contribution < -0.4 is 0 Å². The zero-order chi connectivity index (χ0) is 18.4. The first-order valence-corrected chi connectivity index (χ1v) is 9.51.